The first-order chi connectivity index (χ1) is 10.6. The van der Waals surface area contributed by atoms with E-state index >= 15 is 0 Å². The van der Waals surface area contributed by atoms with Crippen LogP contribution >= 0.6 is 15.9 Å². The van der Waals surface area contributed by atoms with Gasteiger partial charge in [0.25, 0.3) is 5.91 Å². The molecule has 0 unspecified atom stereocenters. The monoisotopic (exact) mass is 365 g/mol. The number of benzene rings is 1. The van der Waals surface area contributed by atoms with E-state index in [1.807, 2.05) is 6.92 Å². The smallest absolute Gasteiger partial charge is 0.338 e. The van der Waals surface area contributed by atoms with Crippen LogP contribution in [0.15, 0.2) is 45.5 Å². The highest BCUT2D eigenvalue weighted by atomic mass is 79.9. The Hall–Kier alpha value is -2.08. The summed E-state index contributed by atoms with van der Waals surface area (Å²) in [4.78, 5) is 23.7. The minimum Gasteiger partial charge on any atom is -0.462 e. The molecule has 2 aromatic rings. The van der Waals surface area contributed by atoms with E-state index in [4.69, 9.17) is 9.15 Å². The Labute approximate surface area is 136 Å². The third-order valence-electron chi connectivity index (χ3n) is 2.91. The Morgan fingerprint density at radius 1 is 1.18 bits per heavy atom. The van der Waals surface area contributed by atoms with Crippen LogP contribution in [0.1, 0.15) is 40.7 Å². The molecule has 1 heterocycles. The van der Waals surface area contributed by atoms with Gasteiger partial charge in [-0.3, -0.25) is 4.79 Å². The summed E-state index contributed by atoms with van der Waals surface area (Å²) < 4.78 is 10.8. The van der Waals surface area contributed by atoms with Gasteiger partial charge in [-0.1, -0.05) is 13.3 Å². The average Bonchev–Trinajstić information content (AvgIpc) is 2.95. The Morgan fingerprint density at radius 3 is 2.50 bits per heavy atom. The summed E-state index contributed by atoms with van der Waals surface area (Å²) in [5.41, 5.74) is 1.03. The van der Waals surface area contributed by atoms with Gasteiger partial charge in [0.05, 0.1) is 12.2 Å². The first kappa shape index (κ1) is 16.3. The number of nitrogens with one attached hydrogen (secondary N) is 1. The van der Waals surface area contributed by atoms with E-state index in [9.17, 15) is 9.59 Å². The van der Waals surface area contributed by atoms with Crippen molar-refractivity contribution in [3.05, 3.63) is 52.4 Å². The fourth-order valence-electron chi connectivity index (χ4n) is 1.71. The molecule has 2 rings (SSSR count). The number of carbonyl (C=O) groups excluding carboxylic acids is 2. The summed E-state index contributed by atoms with van der Waals surface area (Å²) in [6.07, 6.45) is 1.82. The Balaban J connectivity index is 1.94. The maximum Gasteiger partial charge on any atom is 0.338 e. The first-order valence-electron chi connectivity index (χ1n) is 6.94. The second-order valence-corrected chi connectivity index (χ2v) is 5.41. The molecule has 0 bridgehead atoms. The summed E-state index contributed by atoms with van der Waals surface area (Å²) >= 11 is 3.14. The molecule has 0 saturated heterocycles. The lowest BCUT2D eigenvalue weighted by Gasteiger charge is -2.06. The van der Waals surface area contributed by atoms with Crippen molar-refractivity contribution in [2.75, 3.05) is 11.9 Å². The van der Waals surface area contributed by atoms with Gasteiger partial charge in [-0.2, -0.15) is 0 Å². The number of unbranched alkanes of at least 4 members (excludes halogenated alkanes) is 1. The topological polar surface area (TPSA) is 68.5 Å². The highest BCUT2D eigenvalue weighted by Crippen LogP contribution is 2.16. The van der Waals surface area contributed by atoms with Crippen molar-refractivity contribution in [2.24, 2.45) is 0 Å². The molecule has 22 heavy (non-hydrogen) atoms. The molecule has 0 radical (unpaired) electrons. The first-order valence-corrected chi connectivity index (χ1v) is 7.73. The van der Waals surface area contributed by atoms with E-state index in [1.165, 1.54) is 0 Å². The fraction of sp³-hybridized carbons (Fsp3) is 0.250. The molecule has 0 aliphatic heterocycles. The lowest BCUT2D eigenvalue weighted by molar-refractivity contribution is 0.0499. The van der Waals surface area contributed by atoms with Crippen LogP contribution in [-0.4, -0.2) is 18.5 Å². The number of hydrogen-bond acceptors (Lipinski definition) is 4. The van der Waals surface area contributed by atoms with E-state index in [0.29, 0.717) is 22.5 Å². The van der Waals surface area contributed by atoms with Crippen LogP contribution in [0.2, 0.25) is 0 Å². The van der Waals surface area contributed by atoms with Gasteiger partial charge in [0, 0.05) is 5.69 Å². The third-order valence-corrected chi connectivity index (χ3v) is 3.33. The fourth-order valence-corrected chi connectivity index (χ4v) is 2.02. The average molecular weight is 366 g/mol. The maximum atomic E-state index is 11.9. The molecule has 0 aliphatic rings. The van der Waals surface area contributed by atoms with Crippen molar-refractivity contribution in [3.63, 3.8) is 0 Å². The molecule has 0 atom stereocenters. The minimum absolute atomic E-state index is 0.204. The molecular formula is C16H16BrNO4. The predicted molar refractivity (Wildman–Crippen MR) is 86.0 cm³/mol. The quantitative estimate of drug-likeness (QED) is 0.613. The molecule has 1 amide bonds. The number of ether oxygens (including phenoxy) is 1. The zero-order chi connectivity index (χ0) is 15.9. The third kappa shape index (κ3) is 4.46. The van der Waals surface area contributed by atoms with E-state index in [-0.39, 0.29) is 17.6 Å². The summed E-state index contributed by atoms with van der Waals surface area (Å²) in [5, 5.41) is 2.68. The van der Waals surface area contributed by atoms with Gasteiger partial charge in [0.1, 0.15) is 0 Å². The van der Waals surface area contributed by atoms with Crippen molar-refractivity contribution >= 4 is 33.5 Å². The molecule has 1 aromatic carbocycles. The molecule has 0 fully saturated rings. The molecule has 6 heteroatoms. The standard InChI is InChI=1S/C16H16BrNO4/c1-2-3-10-21-16(20)11-4-6-12(7-5-11)18-15(19)13-8-9-14(17)22-13/h4-9H,2-3,10H2,1H3,(H,18,19). The van der Waals surface area contributed by atoms with Gasteiger partial charge in [0.15, 0.2) is 10.4 Å². The van der Waals surface area contributed by atoms with Crippen LogP contribution in [-0.2, 0) is 4.74 Å². The van der Waals surface area contributed by atoms with E-state index < -0.39 is 0 Å². The maximum absolute atomic E-state index is 11.9. The molecule has 1 aromatic heterocycles. The van der Waals surface area contributed by atoms with Crippen LogP contribution in [0.3, 0.4) is 0 Å². The summed E-state index contributed by atoms with van der Waals surface area (Å²) in [5.74, 6) is -0.514. The van der Waals surface area contributed by atoms with Crippen LogP contribution in [0.25, 0.3) is 0 Å². The van der Waals surface area contributed by atoms with Gasteiger partial charge in [0.2, 0.25) is 0 Å². The van der Waals surface area contributed by atoms with Crippen molar-refractivity contribution in [2.45, 2.75) is 19.8 Å². The molecule has 0 saturated carbocycles. The van der Waals surface area contributed by atoms with Crippen molar-refractivity contribution < 1.29 is 18.7 Å². The zero-order valence-corrected chi connectivity index (χ0v) is 13.7. The van der Waals surface area contributed by atoms with Gasteiger partial charge in [-0.15, -0.1) is 0 Å². The molecule has 5 nitrogen and oxygen atoms in total. The van der Waals surface area contributed by atoms with Crippen LogP contribution in [0, 0.1) is 0 Å². The summed E-state index contributed by atoms with van der Waals surface area (Å²) in [6.45, 7) is 2.45. The van der Waals surface area contributed by atoms with Gasteiger partial charge < -0.3 is 14.5 Å². The summed E-state index contributed by atoms with van der Waals surface area (Å²) in [7, 11) is 0. The van der Waals surface area contributed by atoms with Crippen molar-refractivity contribution in [3.8, 4) is 0 Å². The largest absolute Gasteiger partial charge is 0.462 e. The number of halogens is 1. The van der Waals surface area contributed by atoms with Gasteiger partial charge in [-0.05, 0) is 58.7 Å². The number of carbonyl (C=O) groups is 2. The van der Waals surface area contributed by atoms with Crippen LogP contribution < -0.4 is 5.32 Å². The predicted octanol–water partition coefficient (Wildman–Crippen LogP) is 4.25. The normalized spacial score (nSPS) is 10.3. The number of rotatable bonds is 6. The number of anilines is 1. The van der Waals surface area contributed by atoms with Crippen molar-refractivity contribution in [1.82, 2.24) is 0 Å². The Bertz CT molecular complexity index is 648. The number of amides is 1. The minimum atomic E-state index is -0.360. The Morgan fingerprint density at radius 2 is 1.91 bits per heavy atom. The van der Waals surface area contributed by atoms with E-state index in [0.717, 1.165) is 12.8 Å². The van der Waals surface area contributed by atoms with E-state index in [1.54, 1.807) is 36.4 Å². The molecule has 116 valence electrons. The Kier molecular flexibility index (Phi) is 5.77. The molecule has 0 aliphatic carbocycles. The van der Waals surface area contributed by atoms with Gasteiger partial charge >= 0.3 is 5.97 Å². The number of esters is 1. The van der Waals surface area contributed by atoms with Crippen molar-refractivity contribution in [1.29, 1.82) is 0 Å². The van der Waals surface area contributed by atoms with Crippen LogP contribution in [0.5, 0.6) is 0 Å². The van der Waals surface area contributed by atoms with Crippen LogP contribution in [0.4, 0.5) is 5.69 Å². The van der Waals surface area contributed by atoms with Gasteiger partial charge in [-0.25, -0.2) is 4.79 Å². The highest BCUT2D eigenvalue weighted by Gasteiger charge is 2.11. The highest BCUT2D eigenvalue weighted by molar-refractivity contribution is 9.10. The lowest BCUT2D eigenvalue weighted by Crippen LogP contribution is -2.11. The second-order valence-electron chi connectivity index (χ2n) is 4.62. The zero-order valence-electron chi connectivity index (χ0n) is 12.1. The number of hydrogen-bond donors (Lipinski definition) is 1. The molecule has 1 N–H and O–H groups in total. The number of furan rings is 1. The lowest BCUT2D eigenvalue weighted by atomic mass is 10.2. The summed E-state index contributed by atoms with van der Waals surface area (Å²) in [6, 6.07) is 9.73. The second kappa shape index (κ2) is 7.79. The van der Waals surface area contributed by atoms with E-state index in [2.05, 4.69) is 21.2 Å². The molecule has 0 spiro atoms. The molecular weight excluding hydrogens is 350 g/mol. The SMILES string of the molecule is CCCCOC(=O)c1ccc(NC(=O)c2ccc(Br)o2)cc1.